The van der Waals surface area contributed by atoms with E-state index in [2.05, 4.69) is 0 Å². The van der Waals surface area contributed by atoms with Crippen LogP contribution in [-0.4, -0.2) is 6.16 Å². The van der Waals surface area contributed by atoms with E-state index in [0.717, 1.165) is 11.1 Å². The minimum Gasteiger partial charge on any atom is -1.00 e. The van der Waals surface area contributed by atoms with Gasteiger partial charge in [0.15, 0.2) is 0 Å². The van der Waals surface area contributed by atoms with Crippen LogP contribution in [0.4, 0.5) is 0 Å². The van der Waals surface area contributed by atoms with Crippen molar-refractivity contribution in [2.75, 3.05) is 6.16 Å². The van der Waals surface area contributed by atoms with Crippen molar-refractivity contribution in [1.29, 1.82) is 0 Å². The Hall–Kier alpha value is 0.843. The third-order valence-electron chi connectivity index (χ3n) is 1.37. The van der Waals surface area contributed by atoms with E-state index in [-0.39, 0.29) is 31.0 Å². The molecule has 0 radical (unpaired) electrons. The van der Waals surface area contributed by atoms with Crippen molar-refractivity contribution in [3.05, 3.63) is 21.0 Å². The summed E-state index contributed by atoms with van der Waals surface area (Å²) in [5, 5.41) is 0. The second-order valence-electron chi connectivity index (χ2n) is 2.29. The largest absolute Gasteiger partial charge is 1.00 e. The minimum atomic E-state index is -2.27. The molecule has 0 saturated carbocycles. The molecule has 0 N–H and O–H groups in total. The van der Waals surface area contributed by atoms with Gasteiger partial charge < -0.3 is 24.8 Å². The van der Waals surface area contributed by atoms with Crippen molar-refractivity contribution in [3.8, 4) is 0 Å². The standard InChI is InChI=1S/C7H10O2P.2ClH.Zr/c1-4-6(2)7(3)5-10(8)9;;;/h1,4H,5H2,2-3H3;2*1H;/q;;;+2/p-2. The molecule has 6 heteroatoms. The topological polar surface area (TPSA) is 34.1 Å². The first kappa shape index (κ1) is 19.4. The van der Waals surface area contributed by atoms with Crippen molar-refractivity contribution in [3.63, 3.8) is 0 Å². The molecule has 0 saturated heterocycles. The van der Waals surface area contributed by atoms with Crippen LogP contribution < -0.4 is 24.8 Å². The minimum absolute atomic E-state index is 0. The van der Waals surface area contributed by atoms with Crippen LogP contribution in [-0.2, 0) is 33.8 Å². The summed E-state index contributed by atoms with van der Waals surface area (Å²) in [7, 11) is -2.27. The number of halogens is 2. The first-order chi connectivity index (χ1) is 5.07. The van der Waals surface area contributed by atoms with Gasteiger partial charge in [-0.25, -0.2) is 0 Å². The second-order valence-corrected chi connectivity index (χ2v) is 4.09. The van der Waals surface area contributed by atoms with Crippen LogP contribution in [0.3, 0.4) is 0 Å². The van der Waals surface area contributed by atoms with Crippen LogP contribution in [0.1, 0.15) is 13.8 Å². The summed E-state index contributed by atoms with van der Waals surface area (Å²) < 4.78 is 22.6. The molecular weight excluding hydrogens is 309 g/mol. The average Bonchev–Trinajstić information content (AvgIpc) is 1.86. The Bertz CT molecular complexity index is 251. The van der Waals surface area contributed by atoms with Gasteiger partial charge in [0, 0.05) is 0 Å². The van der Waals surface area contributed by atoms with Gasteiger partial charge in [-0.1, -0.05) is 0 Å². The van der Waals surface area contributed by atoms with E-state index in [4.69, 9.17) is 0 Å². The summed E-state index contributed by atoms with van der Waals surface area (Å²) in [4.78, 5) is 0. The fourth-order valence-electron chi connectivity index (χ4n) is 0.586. The molecule has 0 aromatic rings. The molecular formula is C7H10Cl2O2PZr. The molecule has 0 fully saturated rings. The van der Waals surface area contributed by atoms with E-state index in [1.54, 1.807) is 0 Å². The molecule has 13 heavy (non-hydrogen) atoms. The van der Waals surface area contributed by atoms with Crippen molar-refractivity contribution in [2.45, 2.75) is 13.8 Å². The monoisotopic (exact) mass is 317 g/mol. The predicted molar refractivity (Wildman–Crippen MR) is 40.7 cm³/mol. The Balaban J connectivity index is -0.000000500. The normalized spacial score (nSPS) is 11.4. The van der Waals surface area contributed by atoms with Crippen LogP contribution in [0.15, 0.2) is 21.0 Å². The SMILES string of the molecule is CC(C=[CH][Zr+2])=C(C)CP(=O)=O.[Cl-].[Cl-]. The summed E-state index contributed by atoms with van der Waals surface area (Å²) in [6.07, 6.45) is 2.13. The second kappa shape index (κ2) is 10.9. The molecule has 0 aromatic heterocycles. The van der Waals surface area contributed by atoms with Crippen LogP contribution in [0.2, 0.25) is 0 Å². The zero-order valence-corrected chi connectivity index (χ0v) is 12.2. The smallest absolute Gasteiger partial charge is 1.00 e. The first-order valence-electron chi connectivity index (χ1n) is 3.20. The molecule has 0 heterocycles. The Labute approximate surface area is 107 Å². The van der Waals surface area contributed by atoms with Gasteiger partial charge in [0.05, 0.1) is 0 Å². The maximum atomic E-state index is 10.3. The molecule has 0 aliphatic rings. The number of hydrogen-bond donors (Lipinski definition) is 0. The summed E-state index contributed by atoms with van der Waals surface area (Å²) in [5.41, 5.74) is 1.99. The van der Waals surface area contributed by atoms with Gasteiger partial charge in [0.2, 0.25) is 0 Å². The molecule has 0 spiro atoms. The van der Waals surface area contributed by atoms with Gasteiger partial charge in [-0.3, -0.25) is 0 Å². The van der Waals surface area contributed by atoms with Crippen molar-refractivity contribution in [1.82, 2.24) is 0 Å². The zero-order chi connectivity index (χ0) is 8.85. The maximum absolute atomic E-state index is 10.3. The molecule has 0 unspecified atom stereocenters. The van der Waals surface area contributed by atoms with Crippen LogP contribution in [0.25, 0.3) is 0 Å². The van der Waals surface area contributed by atoms with Gasteiger partial charge in [-0.05, 0) is 0 Å². The van der Waals surface area contributed by atoms with Crippen LogP contribution >= 0.6 is 7.68 Å². The van der Waals surface area contributed by atoms with Gasteiger partial charge in [-0.15, -0.1) is 0 Å². The Kier molecular flexibility index (Phi) is 16.3. The number of allylic oxidation sites excluding steroid dienone is 3. The number of rotatable bonds is 3. The predicted octanol–water partition coefficient (Wildman–Crippen LogP) is -3.44. The van der Waals surface area contributed by atoms with E-state index in [0.29, 0.717) is 0 Å². The van der Waals surface area contributed by atoms with Gasteiger partial charge in [0.25, 0.3) is 0 Å². The van der Waals surface area contributed by atoms with E-state index in [1.807, 2.05) is 23.7 Å². The third-order valence-corrected chi connectivity index (χ3v) is 2.51. The van der Waals surface area contributed by atoms with Crippen LogP contribution in [0.5, 0.6) is 0 Å². The molecule has 0 aromatic carbocycles. The molecule has 0 aliphatic carbocycles. The Morgan fingerprint density at radius 3 is 2.08 bits per heavy atom. The molecule has 0 bridgehead atoms. The average molecular weight is 319 g/mol. The van der Waals surface area contributed by atoms with Crippen LogP contribution in [0, 0.1) is 0 Å². The summed E-state index contributed by atoms with van der Waals surface area (Å²) in [6.45, 7) is 3.77. The molecule has 2 nitrogen and oxygen atoms in total. The fourth-order valence-corrected chi connectivity index (χ4v) is 1.84. The van der Waals surface area contributed by atoms with E-state index >= 15 is 0 Å². The Morgan fingerprint density at radius 2 is 1.77 bits per heavy atom. The summed E-state index contributed by atoms with van der Waals surface area (Å²) in [6, 6.07) is 0. The van der Waals surface area contributed by atoms with E-state index in [1.165, 1.54) is 24.7 Å². The molecule has 0 rings (SSSR count). The molecule has 0 aliphatic heterocycles. The number of hydrogen-bond acceptors (Lipinski definition) is 2. The third kappa shape index (κ3) is 10.8. The van der Waals surface area contributed by atoms with Gasteiger partial charge in [-0.2, -0.15) is 0 Å². The van der Waals surface area contributed by atoms with Crippen molar-refractivity contribution >= 4 is 7.68 Å². The molecule has 73 valence electrons. The quantitative estimate of drug-likeness (QED) is 0.401. The van der Waals surface area contributed by atoms with Crippen molar-refractivity contribution < 1.29 is 58.7 Å². The molecule has 0 amide bonds. The van der Waals surface area contributed by atoms with Crippen molar-refractivity contribution in [2.24, 2.45) is 0 Å². The fraction of sp³-hybridized carbons (Fsp3) is 0.429. The zero-order valence-electron chi connectivity index (χ0n) is 7.38. The molecule has 0 atom stereocenters. The van der Waals surface area contributed by atoms with E-state index in [9.17, 15) is 9.13 Å². The van der Waals surface area contributed by atoms with E-state index < -0.39 is 7.68 Å². The van der Waals surface area contributed by atoms with Gasteiger partial charge >= 0.3 is 82.5 Å². The maximum Gasteiger partial charge on any atom is -1.00 e. The summed E-state index contributed by atoms with van der Waals surface area (Å²) >= 11 is 1.33. The summed E-state index contributed by atoms with van der Waals surface area (Å²) in [5.74, 6) is 0. The Morgan fingerprint density at radius 1 is 1.31 bits per heavy atom. The first-order valence-corrected chi connectivity index (χ1v) is 5.98. The van der Waals surface area contributed by atoms with Gasteiger partial charge in [0.1, 0.15) is 0 Å².